The summed E-state index contributed by atoms with van der Waals surface area (Å²) in [5.41, 5.74) is -0.755. The summed E-state index contributed by atoms with van der Waals surface area (Å²) in [6.07, 6.45) is 12.6. The maximum Gasteiger partial charge on any atom is 0.287 e. The van der Waals surface area contributed by atoms with Crippen molar-refractivity contribution in [2.24, 2.45) is 34.5 Å². The summed E-state index contributed by atoms with van der Waals surface area (Å²) >= 11 is 0. The second kappa shape index (κ2) is 16.9. The lowest BCUT2D eigenvalue weighted by Crippen LogP contribution is -2.49. The molecule has 4 fully saturated rings. The average Bonchev–Trinajstić information content (AvgIpc) is 3.37. The van der Waals surface area contributed by atoms with Gasteiger partial charge in [-0.3, -0.25) is 24.0 Å². The largest absolute Gasteiger partial charge is 0.350 e. The highest BCUT2D eigenvalue weighted by atomic mass is 32.2. The highest BCUT2D eigenvalue weighted by Gasteiger charge is 2.69. The van der Waals surface area contributed by atoms with Crippen LogP contribution in [0, 0.1) is 34.5 Å². The van der Waals surface area contributed by atoms with Crippen molar-refractivity contribution in [2.75, 3.05) is 13.1 Å². The molecule has 51 heavy (non-hydrogen) atoms. The number of sulfone groups is 1. The Balaban J connectivity index is 1.60. The van der Waals surface area contributed by atoms with Crippen molar-refractivity contribution in [3.63, 3.8) is 0 Å². The van der Waals surface area contributed by atoms with Crippen molar-refractivity contribution in [3.8, 4) is 0 Å². The minimum Gasteiger partial charge on any atom is -0.350 e. The molecule has 0 unspecified atom stereocenters. The predicted octanol–water partition coefficient (Wildman–Crippen LogP) is 7.18. The Morgan fingerprint density at radius 1 is 0.902 bits per heavy atom. The molecule has 2 heterocycles. The maximum atomic E-state index is 14.6. The average molecular weight is 733 g/mol. The maximum absolute atomic E-state index is 14.6. The molecule has 0 bridgehead atoms. The fourth-order valence-electron chi connectivity index (χ4n) is 9.88. The quantitative estimate of drug-likeness (QED) is 0.235. The van der Waals surface area contributed by atoms with E-state index in [1.807, 2.05) is 6.92 Å². The first kappa shape index (κ1) is 41.7. The van der Waals surface area contributed by atoms with E-state index in [9.17, 15) is 32.4 Å². The number of carbonyl (C=O) groups is 5. The third-order valence-electron chi connectivity index (χ3n) is 13.4. The number of piperidine rings is 1. The van der Waals surface area contributed by atoms with Crippen LogP contribution in [0.15, 0.2) is 0 Å². The number of nitrogens with zero attached hydrogens (tertiary/aromatic N) is 1. The van der Waals surface area contributed by atoms with Gasteiger partial charge in [0.1, 0.15) is 5.78 Å². The number of nitrogens with one attached hydrogen (secondary N) is 1. The Kier molecular flexibility index (Phi) is 13.8. The zero-order valence-corrected chi connectivity index (χ0v) is 33.6. The zero-order chi connectivity index (χ0) is 37.8. The smallest absolute Gasteiger partial charge is 0.287 e. The van der Waals surface area contributed by atoms with Crippen molar-refractivity contribution < 1.29 is 32.4 Å². The number of hydrogen-bond donors (Lipinski definition) is 1. The molecule has 2 aliphatic carbocycles. The topological polar surface area (TPSA) is 135 Å². The Morgan fingerprint density at radius 3 is 2.06 bits per heavy atom. The molecule has 0 aromatic rings. The van der Waals surface area contributed by atoms with Crippen LogP contribution in [0.3, 0.4) is 0 Å². The number of hydrogen-bond acceptors (Lipinski definition) is 7. The molecule has 4 aliphatic rings. The summed E-state index contributed by atoms with van der Waals surface area (Å²) in [7, 11) is -3.53. The molecule has 290 valence electrons. The summed E-state index contributed by atoms with van der Waals surface area (Å²) in [5, 5.41) is 2.03. The van der Waals surface area contributed by atoms with Gasteiger partial charge in [-0.25, -0.2) is 8.42 Å². The monoisotopic (exact) mass is 732 g/mol. The van der Waals surface area contributed by atoms with E-state index >= 15 is 0 Å². The van der Waals surface area contributed by atoms with Crippen LogP contribution in [0.1, 0.15) is 164 Å². The molecule has 0 radical (unpaired) electrons. The van der Waals surface area contributed by atoms with Crippen molar-refractivity contribution in [2.45, 2.75) is 180 Å². The van der Waals surface area contributed by atoms with Crippen molar-refractivity contribution >= 4 is 39.0 Å². The van der Waals surface area contributed by atoms with Gasteiger partial charge in [0.05, 0.1) is 16.0 Å². The Hall–Kier alpha value is -2.10. The lowest BCUT2D eigenvalue weighted by Gasteiger charge is -2.44. The molecular formula is C41H68N2O7S. The van der Waals surface area contributed by atoms with Crippen LogP contribution in [0.25, 0.3) is 0 Å². The van der Waals surface area contributed by atoms with Crippen LogP contribution in [-0.4, -0.2) is 71.6 Å². The van der Waals surface area contributed by atoms with Gasteiger partial charge in [-0.1, -0.05) is 85.0 Å². The summed E-state index contributed by atoms with van der Waals surface area (Å²) < 4.78 is 26.5. The first-order chi connectivity index (χ1) is 23.9. The van der Waals surface area contributed by atoms with Crippen molar-refractivity contribution in [1.82, 2.24) is 10.2 Å². The summed E-state index contributed by atoms with van der Waals surface area (Å²) in [4.78, 5) is 70.9. The number of ketones is 3. The van der Waals surface area contributed by atoms with E-state index in [4.69, 9.17) is 0 Å². The van der Waals surface area contributed by atoms with E-state index in [0.29, 0.717) is 45.2 Å². The van der Waals surface area contributed by atoms with Gasteiger partial charge in [0.15, 0.2) is 15.6 Å². The van der Waals surface area contributed by atoms with Gasteiger partial charge in [-0.2, -0.15) is 0 Å². The number of amides is 2. The highest BCUT2D eigenvalue weighted by Crippen LogP contribution is 2.65. The molecular weight excluding hydrogens is 665 g/mol. The van der Waals surface area contributed by atoms with E-state index in [2.05, 4.69) is 19.2 Å². The molecule has 0 aromatic heterocycles. The van der Waals surface area contributed by atoms with Crippen LogP contribution >= 0.6 is 0 Å². The molecule has 2 saturated heterocycles. The third kappa shape index (κ3) is 9.35. The van der Waals surface area contributed by atoms with Crippen LogP contribution in [0.5, 0.6) is 0 Å². The van der Waals surface area contributed by atoms with E-state index in [1.54, 1.807) is 32.6 Å². The molecule has 0 spiro atoms. The number of rotatable bonds is 10. The van der Waals surface area contributed by atoms with Gasteiger partial charge in [0.2, 0.25) is 11.7 Å². The molecule has 0 aromatic carbocycles. The molecule has 2 aliphatic heterocycles. The zero-order valence-electron chi connectivity index (χ0n) is 32.8. The lowest BCUT2D eigenvalue weighted by atomic mass is 9.68. The minimum absolute atomic E-state index is 0.0113. The second-order valence-corrected chi connectivity index (χ2v) is 21.3. The van der Waals surface area contributed by atoms with Crippen LogP contribution in [0.4, 0.5) is 0 Å². The Labute approximate surface area is 308 Å². The molecule has 2 amide bonds. The van der Waals surface area contributed by atoms with Crippen LogP contribution in [0.2, 0.25) is 0 Å². The Bertz CT molecular complexity index is 1390. The van der Waals surface area contributed by atoms with Crippen molar-refractivity contribution in [1.29, 1.82) is 0 Å². The Morgan fingerprint density at radius 2 is 1.47 bits per heavy atom. The minimum atomic E-state index is -3.53. The standard InChI is InChI=1S/C41H68N2O7S/c1-8-23-42-37(47)36(46)29-19-15-12-10-9-11-13-16-20-30(38(48)43-27-32-34(40(32,6)7)35(43)33(45)25-29)24-31(44)26-41(21-17-14-18-22-41)28(2)51(49,50)39(3,4)5/h28-30,32,34-35H,8-27H2,1-7H3,(H,42,47)/t28-,29-,30-,32+,34+,35-/m1/s1. The highest BCUT2D eigenvalue weighted by molar-refractivity contribution is 7.93. The lowest BCUT2D eigenvalue weighted by molar-refractivity contribution is -0.146. The van der Waals surface area contributed by atoms with E-state index < -0.39 is 54.8 Å². The first-order valence-electron chi connectivity index (χ1n) is 20.3. The second-order valence-electron chi connectivity index (χ2n) is 18.3. The van der Waals surface area contributed by atoms with Gasteiger partial charge in [-0.05, 0) is 82.5 Å². The SMILES string of the molecule is CCCNC(=O)C(=O)[C@@H]1CCCCCCCCC[C@H](CC(=O)CC2([C@@H](C)S(=O)(=O)C(C)(C)C)CCCCC2)C(=O)N2C[C@H]3[C@@H]([C@H]2C(=O)C1)C3(C)C. The number of fused-ring (bicyclic) bond motifs is 3. The number of Topliss-reactive ketones (excluding diaryl/α,β-unsaturated/α-hetero) is 3. The fourth-order valence-corrected chi connectivity index (χ4v) is 11.9. The van der Waals surface area contributed by atoms with Gasteiger partial charge in [-0.15, -0.1) is 0 Å². The van der Waals surface area contributed by atoms with Crippen LogP contribution < -0.4 is 5.32 Å². The van der Waals surface area contributed by atoms with Gasteiger partial charge < -0.3 is 10.2 Å². The molecule has 10 heteroatoms. The van der Waals surface area contributed by atoms with Crippen LogP contribution in [-0.2, 0) is 33.8 Å². The van der Waals surface area contributed by atoms with E-state index in [0.717, 1.165) is 64.2 Å². The number of carbonyl (C=O) groups excluding carboxylic acids is 5. The fraction of sp³-hybridized carbons (Fsp3) is 0.878. The normalized spacial score (nSPS) is 29.8. The summed E-state index contributed by atoms with van der Waals surface area (Å²) in [6.45, 7) is 14.0. The molecule has 2 saturated carbocycles. The van der Waals surface area contributed by atoms with Gasteiger partial charge in [0, 0.05) is 44.2 Å². The molecule has 9 nitrogen and oxygen atoms in total. The summed E-state index contributed by atoms with van der Waals surface area (Å²) in [5.74, 6) is -2.67. The molecule has 1 N–H and O–H groups in total. The predicted molar refractivity (Wildman–Crippen MR) is 201 cm³/mol. The molecule has 6 atom stereocenters. The first-order valence-corrected chi connectivity index (χ1v) is 21.8. The molecule has 4 rings (SSSR count). The third-order valence-corrected chi connectivity index (χ3v) is 16.5. The van der Waals surface area contributed by atoms with E-state index in [1.165, 1.54) is 0 Å². The van der Waals surface area contributed by atoms with Crippen molar-refractivity contribution in [3.05, 3.63) is 0 Å². The van der Waals surface area contributed by atoms with Gasteiger partial charge in [0.25, 0.3) is 5.91 Å². The van der Waals surface area contributed by atoms with E-state index in [-0.39, 0.29) is 54.0 Å². The summed E-state index contributed by atoms with van der Waals surface area (Å²) in [6, 6.07) is -0.668. The van der Waals surface area contributed by atoms with Gasteiger partial charge >= 0.3 is 0 Å².